The Hall–Kier alpha value is -2.71. The summed E-state index contributed by atoms with van der Waals surface area (Å²) in [5.41, 5.74) is 6.48. The fourth-order valence-electron chi connectivity index (χ4n) is 6.67. The molecule has 0 fully saturated rings. The second-order valence-electron chi connectivity index (χ2n) is 12.5. The van der Waals surface area contributed by atoms with Crippen LogP contribution in [-0.2, 0) is 7.05 Å². The van der Waals surface area contributed by atoms with Gasteiger partial charge < -0.3 is 0 Å². The fourth-order valence-corrected chi connectivity index (χ4v) is 13.5. The molecule has 3 aromatic carbocycles. The lowest BCUT2D eigenvalue weighted by Crippen LogP contribution is -2.50. The van der Waals surface area contributed by atoms with Gasteiger partial charge in [0, 0.05) is 6.07 Å². The van der Waals surface area contributed by atoms with Crippen LogP contribution >= 0.6 is 0 Å². The number of benzene rings is 3. The molecule has 0 aliphatic carbocycles. The average Bonchev–Trinajstić information content (AvgIpc) is 2.83. The molecule has 4 aromatic rings. The van der Waals surface area contributed by atoms with Crippen LogP contribution in [0.5, 0.6) is 0 Å². The molecule has 4 rings (SSSR count). The molecule has 0 aliphatic rings. The first-order valence-corrected chi connectivity index (χ1v) is 16.8. The van der Waals surface area contributed by atoms with Gasteiger partial charge in [-0.05, 0) is 58.9 Å². The van der Waals surface area contributed by atoms with Crippen molar-refractivity contribution in [2.75, 3.05) is 0 Å². The SMILES string of the molecule is Cc1ccc(-c2ccccc2)cc1-c1c2ccc([Si](CC(C)C)(CC(C)C)CC(C)C)cc2cc[n+]1C. The van der Waals surface area contributed by atoms with Crippen molar-refractivity contribution >= 4 is 24.0 Å². The number of rotatable bonds is 9. The summed E-state index contributed by atoms with van der Waals surface area (Å²) in [5.74, 6) is 2.19. The summed E-state index contributed by atoms with van der Waals surface area (Å²) in [7, 11) is 0.528. The number of nitrogens with zero attached hydrogens (tertiary/aromatic N) is 1. The minimum Gasteiger partial charge on any atom is -0.200 e. The van der Waals surface area contributed by atoms with E-state index in [-0.39, 0.29) is 0 Å². The molecular weight excluding hydrogens is 462 g/mol. The van der Waals surface area contributed by atoms with Gasteiger partial charge in [0.05, 0.1) is 19.0 Å². The molecule has 0 N–H and O–H groups in total. The number of aromatic nitrogens is 1. The molecule has 1 nitrogen and oxygen atoms in total. The van der Waals surface area contributed by atoms with Crippen molar-refractivity contribution in [2.24, 2.45) is 24.8 Å². The first kappa shape index (κ1) is 27.3. The first-order chi connectivity index (χ1) is 17.6. The molecule has 0 saturated carbocycles. The standard InChI is InChI=1S/C35H46NSi/c1-25(2)22-37(23-26(3)4,24-27(5)6)32-16-17-33-31(20-32)18-19-36(8)35(33)34-21-30(15-14-28(34)7)29-12-10-9-11-13-29/h9-21,25-27H,22-24H2,1-8H3/q+1. The van der Waals surface area contributed by atoms with Crippen molar-refractivity contribution in [1.29, 1.82) is 0 Å². The van der Waals surface area contributed by atoms with Crippen LogP contribution < -0.4 is 9.75 Å². The third kappa shape index (κ3) is 6.07. The topological polar surface area (TPSA) is 3.88 Å². The Labute approximate surface area is 226 Å². The first-order valence-electron chi connectivity index (χ1n) is 14.2. The van der Waals surface area contributed by atoms with Crippen molar-refractivity contribution in [3.05, 3.63) is 84.6 Å². The minimum atomic E-state index is -1.66. The summed E-state index contributed by atoms with van der Waals surface area (Å²) in [6.45, 7) is 16.8. The van der Waals surface area contributed by atoms with E-state index in [9.17, 15) is 0 Å². The van der Waals surface area contributed by atoms with E-state index in [4.69, 9.17) is 0 Å². The Balaban J connectivity index is 1.90. The minimum absolute atomic E-state index is 0.729. The maximum absolute atomic E-state index is 2.58. The normalized spacial score (nSPS) is 12.3. The highest BCUT2D eigenvalue weighted by Crippen LogP contribution is 2.35. The van der Waals surface area contributed by atoms with Crippen molar-refractivity contribution < 1.29 is 4.57 Å². The third-order valence-electron chi connectivity index (χ3n) is 7.75. The molecule has 0 aliphatic heterocycles. The van der Waals surface area contributed by atoms with Crippen LogP contribution in [0.2, 0.25) is 18.1 Å². The zero-order valence-corrected chi connectivity index (χ0v) is 25.3. The highest BCUT2D eigenvalue weighted by atomic mass is 28.3. The van der Waals surface area contributed by atoms with Gasteiger partial charge in [-0.25, -0.2) is 4.57 Å². The van der Waals surface area contributed by atoms with Crippen molar-refractivity contribution in [3.8, 4) is 22.4 Å². The lowest BCUT2D eigenvalue weighted by molar-refractivity contribution is -0.659. The van der Waals surface area contributed by atoms with Gasteiger partial charge in [-0.1, -0.05) is 119 Å². The Morgan fingerprint density at radius 3 is 1.89 bits per heavy atom. The second kappa shape index (κ2) is 11.4. The Bertz CT molecular complexity index is 1320. The molecule has 0 amide bonds. The lowest BCUT2D eigenvalue weighted by Gasteiger charge is -2.37. The van der Waals surface area contributed by atoms with Crippen LogP contribution in [0.4, 0.5) is 0 Å². The number of hydrogen-bond donors (Lipinski definition) is 0. The highest BCUT2D eigenvalue weighted by Gasteiger charge is 2.37. The Morgan fingerprint density at radius 2 is 1.30 bits per heavy atom. The Kier molecular flexibility index (Phi) is 8.38. The molecule has 0 saturated heterocycles. The maximum Gasteiger partial charge on any atom is 0.220 e. The number of hydrogen-bond acceptors (Lipinski definition) is 0. The summed E-state index contributed by atoms with van der Waals surface area (Å²) in [5, 5.41) is 4.39. The van der Waals surface area contributed by atoms with Crippen molar-refractivity contribution in [2.45, 2.75) is 66.6 Å². The van der Waals surface area contributed by atoms with Gasteiger partial charge in [-0.2, -0.15) is 0 Å². The second-order valence-corrected chi connectivity index (χ2v) is 16.9. The largest absolute Gasteiger partial charge is 0.220 e. The average molecular weight is 509 g/mol. The van der Waals surface area contributed by atoms with Gasteiger partial charge in [0.15, 0.2) is 6.20 Å². The smallest absolute Gasteiger partial charge is 0.200 e. The van der Waals surface area contributed by atoms with E-state index >= 15 is 0 Å². The highest BCUT2D eigenvalue weighted by molar-refractivity contribution is 6.92. The molecule has 194 valence electrons. The molecule has 0 bridgehead atoms. The van der Waals surface area contributed by atoms with Crippen molar-refractivity contribution in [3.63, 3.8) is 0 Å². The number of aryl methyl sites for hydroxylation is 2. The third-order valence-corrected chi connectivity index (χ3v) is 14.1. The Morgan fingerprint density at radius 1 is 0.676 bits per heavy atom. The van der Waals surface area contributed by atoms with Crippen LogP contribution in [0, 0.1) is 24.7 Å². The zero-order chi connectivity index (χ0) is 26.7. The molecule has 0 atom stereocenters. The van der Waals surface area contributed by atoms with E-state index in [0.717, 1.165) is 17.8 Å². The van der Waals surface area contributed by atoms with Crippen LogP contribution in [0.1, 0.15) is 47.1 Å². The van der Waals surface area contributed by atoms with Gasteiger partial charge in [0.25, 0.3) is 0 Å². The van der Waals surface area contributed by atoms with Gasteiger partial charge >= 0.3 is 0 Å². The van der Waals surface area contributed by atoms with E-state index in [2.05, 4.69) is 139 Å². The molecule has 2 heteroatoms. The van der Waals surface area contributed by atoms with Crippen LogP contribution in [0.3, 0.4) is 0 Å². The summed E-state index contributed by atoms with van der Waals surface area (Å²) < 4.78 is 2.31. The van der Waals surface area contributed by atoms with Gasteiger partial charge in [0.2, 0.25) is 5.69 Å². The van der Waals surface area contributed by atoms with Crippen LogP contribution in [-0.4, -0.2) is 8.07 Å². The van der Waals surface area contributed by atoms with Crippen molar-refractivity contribution in [1.82, 2.24) is 0 Å². The van der Waals surface area contributed by atoms with Crippen LogP contribution in [0.15, 0.2) is 79.0 Å². The van der Waals surface area contributed by atoms with E-state index in [0.29, 0.717) is 0 Å². The molecule has 1 heterocycles. The molecule has 0 radical (unpaired) electrons. The summed E-state index contributed by atoms with van der Waals surface area (Å²) >= 11 is 0. The summed E-state index contributed by atoms with van der Waals surface area (Å²) in [4.78, 5) is 0. The zero-order valence-electron chi connectivity index (χ0n) is 24.3. The van der Waals surface area contributed by atoms with E-state index in [1.54, 1.807) is 5.19 Å². The lowest BCUT2D eigenvalue weighted by atomic mass is 9.95. The molecule has 1 aromatic heterocycles. The van der Waals surface area contributed by atoms with Gasteiger partial charge in [0.1, 0.15) is 7.05 Å². The number of fused-ring (bicyclic) bond motifs is 1. The molecule has 0 unspecified atom stereocenters. The molecular formula is C35H46NSi+. The monoisotopic (exact) mass is 508 g/mol. The molecule has 0 spiro atoms. The fraction of sp³-hybridized carbons (Fsp3) is 0.400. The number of pyridine rings is 1. The summed E-state index contributed by atoms with van der Waals surface area (Å²) in [6.07, 6.45) is 2.26. The van der Waals surface area contributed by atoms with E-state index in [1.165, 1.54) is 56.9 Å². The predicted octanol–water partition coefficient (Wildman–Crippen LogP) is 8.93. The van der Waals surface area contributed by atoms with Crippen LogP contribution in [0.25, 0.3) is 33.2 Å². The quantitative estimate of drug-likeness (QED) is 0.157. The van der Waals surface area contributed by atoms with E-state index < -0.39 is 8.07 Å². The van der Waals surface area contributed by atoms with Gasteiger partial charge in [-0.15, -0.1) is 0 Å². The summed E-state index contributed by atoms with van der Waals surface area (Å²) in [6, 6.07) is 31.6. The predicted molar refractivity (Wildman–Crippen MR) is 165 cm³/mol. The van der Waals surface area contributed by atoms with E-state index in [1.807, 2.05) is 0 Å². The maximum atomic E-state index is 2.58. The molecule has 37 heavy (non-hydrogen) atoms. The van der Waals surface area contributed by atoms with Gasteiger partial charge in [-0.3, -0.25) is 0 Å².